The Balaban J connectivity index is 2.55. The highest BCUT2D eigenvalue weighted by molar-refractivity contribution is 5.75. The van der Waals surface area contributed by atoms with Crippen molar-refractivity contribution in [2.45, 2.75) is 19.1 Å². The molecule has 0 radical (unpaired) electrons. The van der Waals surface area contributed by atoms with E-state index in [1.54, 1.807) is 14.1 Å². The number of hydrogen-bond acceptors (Lipinski definition) is 2. The lowest BCUT2D eigenvalue weighted by Gasteiger charge is -2.12. The molecule has 7 heteroatoms. The van der Waals surface area contributed by atoms with E-state index in [9.17, 15) is 22.4 Å². The second-order valence-electron chi connectivity index (χ2n) is 4.53. The van der Waals surface area contributed by atoms with Gasteiger partial charge in [-0.3, -0.25) is 4.79 Å². The van der Waals surface area contributed by atoms with Crippen molar-refractivity contribution in [2.24, 2.45) is 0 Å². The molecule has 0 saturated carbocycles. The number of carbonyl (C=O) groups excluding carboxylic acids is 1. The summed E-state index contributed by atoms with van der Waals surface area (Å²) in [6, 6.07) is 2.85. The molecule has 0 spiro atoms. The van der Waals surface area contributed by atoms with Gasteiger partial charge in [0.2, 0.25) is 5.91 Å². The van der Waals surface area contributed by atoms with Crippen LogP contribution < -0.4 is 5.32 Å². The van der Waals surface area contributed by atoms with Gasteiger partial charge in [0.05, 0.1) is 5.56 Å². The molecule has 112 valence electrons. The topological polar surface area (TPSA) is 32.3 Å². The third-order valence-electron chi connectivity index (χ3n) is 2.68. The van der Waals surface area contributed by atoms with Crippen LogP contribution in [0.25, 0.3) is 0 Å². The van der Waals surface area contributed by atoms with E-state index in [4.69, 9.17) is 0 Å². The Morgan fingerprint density at radius 3 is 2.50 bits per heavy atom. The van der Waals surface area contributed by atoms with Crippen LogP contribution in [0.15, 0.2) is 18.2 Å². The lowest BCUT2D eigenvalue weighted by Crippen LogP contribution is -2.26. The smallest absolute Gasteiger partial charge is 0.349 e. The van der Waals surface area contributed by atoms with Crippen molar-refractivity contribution in [3.05, 3.63) is 35.1 Å². The summed E-state index contributed by atoms with van der Waals surface area (Å²) in [4.78, 5) is 12.7. The van der Waals surface area contributed by atoms with E-state index in [-0.39, 0.29) is 18.9 Å². The molecule has 1 amide bonds. The normalized spacial score (nSPS) is 11.5. The van der Waals surface area contributed by atoms with Crippen LogP contribution in [-0.2, 0) is 17.5 Å². The second-order valence-corrected chi connectivity index (χ2v) is 4.53. The van der Waals surface area contributed by atoms with Crippen LogP contribution in [-0.4, -0.2) is 31.4 Å². The maximum Gasteiger partial charge on any atom is 0.419 e. The zero-order valence-corrected chi connectivity index (χ0v) is 11.2. The minimum atomic E-state index is -4.71. The van der Waals surface area contributed by atoms with E-state index >= 15 is 0 Å². The van der Waals surface area contributed by atoms with Crippen molar-refractivity contribution in [3.63, 3.8) is 0 Å². The third kappa shape index (κ3) is 4.80. The molecule has 0 bridgehead atoms. The maximum atomic E-state index is 13.1. The van der Waals surface area contributed by atoms with E-state index in [1.807, 2.05) is 0 Å². The van der Waals surface area contributed by atoms with Gasteiger partial charge in [-0.2, -0.15) is 13.2 Å². The Kier molecular flexibility index (Phi) is 5.50. The quantitative estimate of drug-likeness (QED) is 0.667. The molecule has 0 atom stereocenters. The fraction of sp³-hybridized carbons (Fsp3) is 0.462. The van der Waals surface area contributed by atoms with Gasteiger partial charge < -0.3 is 10.2 Å². The molecule has 0 heterocycles. The standard InChI is InChI=1S/C13H16F4N2O/c1-19(2)12(20)5-6-18-8-9-3-4-11(14)10(7-9)13(15,16)17/h3-4,7,18H,5-6,8H2,1-2H3. The first-order chi connectivity index (χ1) is 9.21. The number of benzene rings is 1. The maximum absolute atomic E-state index is 13.1. The fourth-order valence-corrected chi connectivity index (χ4v) is 1.55. The molecular formula is C13H16F4N2O. The van der Waals surface area contributed by atoms with Crippen LogP contribution in [0, 0.1) is 5.82 Å². The second kappa shape index (κ2) is 6.69. The minimum absolute atomic E-state index is 0.0763. The molecule has 3 nitrogen and oxygen atoms in total. The number of carbonyl (C=O) groups is 1. The Hall–Kier alpha value is -1.63. The van der Waals surface area contributed by atoms with Crippen LogP contribution in [0.1, 0.15) is 17.5 Å². The summed E-state index contributed by atoms with van der Waals surface area (Å²) in [7, 11) is 3.25. The first-order valence-corrected chi connectivity index (χ1v) is 5.98. The Morgan fingerprint density at radius 2 is 1.95 bits per heavy atom. The lowest BCUT2D eigenvalue weighted by atomic mass is 10.1. The molecule has 0 unspecified atom stereocenters. The van der Waals surface area contributed by atoms with Crippen LogP contribution in [0.4, 0.5) is 17.6 Å². The van der Waals surface area contributed by atoms with Gasteiger partial charge in [0.1, 0.15) is 5.82 Å². The minimum Gasteiger partial charge on any atom is -0.349 e. The number of nitrogens with zero attached hydrogens (tertiary/aromatic N) is 1. The van der Waals surface area contributed by atoms with E-state index in [1.165, 1.54) is 11.0 Å². The van der Waals surface area contributed by atoms with Crippen LogP contribution in [0.5, 0.6) is 0 Å². The summed E-state index contributed by atoms with van der Waals surface area (Å²) >= 11 is 0. The molecule has 20 heavy (non-hydrogen) atoms. The zero-order valence-electron chi connectivity index (χ0n) is 11.2. The Morgan fingerprint density at radius 1 is 1.30 bits per heavy atom. The summed E-state index contributed by atoms with van der Waals surface area (Å²) in [5.74, 6) is -1.36. The van der Waals surface area contributed by atoms with Crippen molar-refractivity contribution < 1.29 is 22.4 Å². The highest BCUT2D eigenvalue weighted by atomic mass is 19.4. The van der Waals surface area contributed by atoms with Gasteiger partial charge in [0.25, 0.3) is 0 Å². The molecular weight excluding hydrogens is 276 g/mol. The van der Waals surface area contributed by atoms with Gasteiger partial charge in [-0.25, -0.2) is 4.39 Å². The Labute approximate surface area is 114 Å². The predicted octanol–water partition coefficient (Wildman–Crippen LogP) is 2.41. The van der Waals surface area contributed by atoms with E-state index in [0.29, 0.717) is 12.1 Å². The number of halogens is 4. The van der Waals surface area contributed by atoms with Gasteiger partial charge >= 0.3 is 6.18 Å². The summed E-state index contributed by atoms with van der Waals surface area (Å²) in [6.07, 6.45) is -4.46. The number of hydrogen-bond donors (Lipinski definition) is 1. The SMILES string of the molecule is CN(C)C(=O)CCNCc1ccc(F)c(C(F)(F)F)c1. The first kappa shape index (κ1) is 16.4. The molecule has 0 aromatic heterocycles. The molecule has 0 saturated heterocycles. The number of nitrogens with one attached hydrogen (secondary N) is 1. The van der Waals surface area contributed by atoms with Gasteiger partial charge in [-0.15, -0.1) is 0 Å². The summed E-state index contributed by atoms with van der Waals surface area (Å²) in [5.41, 5.74) is -0.961. The van der Waals surface area contributed by atoms with E-state index in [0.717, 1.165) is 12.1 Å². The summed E-state index contributed by atoms with van der Waals surface area (Å²) < 4.78 is 50.6. The van der Waals surface area contributed by atoms with Crippen molar-refractivity contribution in [1.29, 1.82) is 0 Å². The third-order valence-corrected chi connectivity index (χ3v) is 2.68. The number of rotatable bonds is 5. The highest BCUT2D eigenvalue weighted by Crippen LogP contribution is 2.31. The molecule has 1 aromatic rings. The summed E-state index contributed by atoms with van der Waals surface area (Å²) in [6.45, 7) is 0.486. The molecule has 0 aliphatic heterocycles. The lowest BCUT2D eigenvalue weighted by molar-refractivity contribution is -0.140. The highest BCUT2D eigenvalue weighted by Gasteiger charge is 2.34. The molecule has 1 aromatic carbocycles. The average molecular weight is 292 g/mol. The first-order valence-electron chi connectivity index (χ1n) is 5.98. The van der Waals surface area contributed by atoms with E-state index < -0.39 is 17.6 Å². The molecule has 0 aliphatic rings. The molecule has 0 aliphatic carbocycles. The number of amides is 1. The zero-order chi connectivity index (χ0) is 15.3. The molecule has 1 N–H and O–H groups in total. The van der Waals surface area contributed by atoms with E-state index in [2.05, 4.69) is 5.32 Å². The Bertz CT molecular complexity index is 472. The number of alkyl halides is 3. The van der Waals surface area contributed by atoms with Crippen LogP contribution in [0.3, 0.4) is 0 Å². The van der Waals surface area contributed by atoms with Crippen LogP contribution >= 0.6 is 0 Å². The predicted molar refractivity (Wildman–Crippen MR) is 66.4 cm³/mol. The average Bonchev–Trinajstić information content (AvgIpc) is 2.34. The van der Waals surface area contributed by atoms with Crippen molar-refractivity contribution >= 4 is 5.91 Å². The van der Waals surface area contributed by atoms with Gasteiger partial charge in [-0.1, -0.05) is 6.07 Å². The fourth-order valence-electron chi connectivity index (χ4n) is 1.55. The van der Waals surface area contributed by atoms with Crippen molar-refractivity contribution in [2.75, 3.05) is 20.6 Å². The summed E-state index contributed by atoms with van der Waals surface area (Å²) in [5, 5.41) is 2.85. The largest absolute Gasteiger partial charge is 0.419 e. The monoisotopic (exact) mass is 292 g/mol. The van der Waals surface area contributed by atoms with Gasteiger partial charge in [0.15, 0.2) is 0 Å². The van der Waals surface area contributed by atoms with Crippen molar-refractivity contribution in [3.8, 4) is 0 Å². The van der Waals surface area contributed by atoms with Gasteiger partial charge in [0, 0.05) is 33.6 Å². The molecule has 1 rings (SSSR count). The van der Waals surface area contributed by atoms with Crippen molar-refractivity contribution in [1.82, 2.24) is 10.2 Å². The van der Waals surface area contributed by atoms with Crippen LogP contribution in [0.2, 0.25) is 0 Å². The molecule has 0 fully saturated rings. The van der Waals surface area contributed by atoms with Gasteiger partial charge in [-0.05, 0) is 17.7 Å².